The zero-order valence-corrected chi connectivity index (χ0v) is 17.0. The summed E-state index contributed by atoms with van der Waals surface area (Å²) in [5, 5.41) is 0. The Morgan fingerprint density at radius 2 is 2.03 bits per heavy atom. The van der Waals surface area contributed by atoms with Crippen molar-refractivity contribution in [3.8, 4) is 17.3 Å². The van der Waals surface area contributed by atoms with Crippen molar-refractivity contribution >= 4 is 5.91 Å². The van der Waals surface area contributed by atoms with Gasteiger partial charge in [0.2, 0.25) is 11.8 Å². The van der Waals surface area contributed by atoms with Gasteiger partial charge in [0.05, 0.1) is 23.4 Å². The van der Waals surface area contributed by atoms with Crippen LogP contribution in [0.25, 0.3) is 11.5 Å². The fraction of sp³-hybridized carbons (Fsp3) is 0.364. The zero-order valence-electron chi connectivity index (χ0n) is 17.0. The first-order chi connectivity index (χ1) is 15.3. The van der Waals surface area contributed by atoms with Gasteiger partial charge in [-0.25, -0.2) is 15.0 Å². The number of rotatable bonds is 4. The summed E-state index contributed by atoms with van der Waals surface area (Å²) in [5.74, 6) is 0.422. The van der Waals surface area contributed by atoms with E-state index in [1.54, 1.807) is 24.0 Å². The van der Waals surface area contributed by atoms with Gasteiger partial charge in [0.25, 0.3) is 5.91 Å². The van der Waals surface area contributed by atoms with E-state index in [-0.39, 0.29) is 35.5 Å². The second-order valence-corrected chi connectivity index (χ2v) is 8.09. The lowest BCUT2D eigenvalue weighted by molar-refractivity contribution is -0.137. The predicted molar refractivity (Wildman–Crippen MR) is 106 cm³/mol. The fourth-order valence-electron chi connectivity index (χ4n) is 4.48. The third-order valence-corrected chi connectivity index (χ3v) is 5.92. The molecule has 1 saturated carbocycles. The summed E-state index contributed by atoms with van der Waals surface area (Å²) in [6, 6.07) is 5.49. The molecule has 0 unspecified atom stereocenters. The first-order valence-electron chi connectivity index (χ1n) is 10.2. The highest BCUT2D eigenvalue weighted by Gasteiger charge is 2.49. The number of fused-ring (bicyclic) bond motifs is 2. The molecule has 0 radical (unpaired) electrons. The Hall–Kier alpha value is -3.43. The third kappa shape index (κ3) is 3.69. The van der Waals surface area contributed by atoms with Crippen molar-refractivity contribution in [2.24, 2.45) is 5.92 Å². The lowest BCUT2D eigenvalue weighted by Crippen LogP contribution is -2.47. The van der Waals surface area contributed by atoms with Crippen molar-refractivity contribution in [1.29, 1.82) is 0 Å². The summed E-state index contributed by atoms with van der Waals surface area (Å²) >= 11 is 0. The van der Waals surface area contributed by atoms with Crippen molar-refractivity contribution in [1.82, 2.24) is 19.9 Å². The molecule has 3 aromatic rings. The van der Waals surface area contributed by atoms with Crippen LogP contribution in [0.1, 0.15) is 34.6 Å². The fourth-order valence-corrected chi connectivity index (χ4v) is 4.48. The van der Waals surface area contributed by atoms with Gasteiger partial charge in [0.1, 0.15) is 18.1 Å². The molecule has 1 aliphatic carbocycles. The van der Waals surface area contributed by atoms with Gasteiger partial charge in [0.15, 0.2) is 0 Å². The lowest BCUT2D eigenvalue weighted by atomic mass is 10.1. The Kier molecular flexibility index (Phi) is 4.87. The number of oxazole rings is 1. The third-order valence-electron chi connectivity index (χ3n) is 5.92. The van der Waals surface area contributed by atoms with Gasteiger partial charge in [-0.05, 0) is 43.9 Å². The molecule has 0 N–H and O–H groups in total. The highest BCUT2D eigenvalue weighted by atomic mass is 19.4. The van der Waals surface area contributed by atoms with Crippen LogP contribution >= 0.6 is 0 Å². The maximum absolute atomic E-state index is 13.5. The van der Waals surface area contributed by atoms with E-state index >= 15 is 0 Å². The Labute approximate surface area is 181 Å². The number of nitrogens with zero attached hydrogens (tertiary/aromatic N) is 4. The number of alkyl halides is 3. The van der Waals surface area contributed by atoms with E-state index in [0.717, 1.165) is 18.7 Å². The van der Waals surface area contributed by atoms with E-state index < -0.39 is 11.7 Å². The molecule has 2 aliphatic rings. The SMILES string of the molecule is Cc1ccc(-c2ncco2)c(C(=O)N2C[C@H]3C[C@@H](Oc4ccc(C(F)(F)F)cn4)[C@@H]2C3)n1. The topological polar surface area (TPSA) is 81.4 Å². The minimum absolute atomic E-state index is 0.108. The highest BCUT2D eigenvalue weighted by Crippen LogP contribution is 2.41. The maximum atomic E-state index is 13.5. The van der Waals surface area contributed by atoms with Gasteiger partial charge < -0.3 is 14.1 Å². The van der Waals surface area contributed by atoms with Crippen LogP contribution in [0.3, 0.4) is 0 Å². The molecule has 1 saturated heterocycles. The number of piperidine rings is 1. The number of likely N-dealkylation sites (tertiary alicyclic amines) is 1. The summed E-state index contributed by atoms with van der Waals surface area (Å²) in [4.78, 5) is 27.6. The summed E-state index contributed by atoms with van der Waals surface area (Å²) in [7, 11) is 0. The van der Waals surface area contributed by atoms with Crippen LogP contribution in [0.15, 0.2) is 47.3 Å². The number of pyridine rings is 2. The van der Waals surface area contributed by atoms with Crippen LogP contribution in [0.4, 0.5) is 13.2 Å². The van der Waals surface area contributed by atoms with Crippen LogP contribution in [-0.2, 0) is 6.18 Å². The normalized spacial score (nSPS) is 22.4. The molecule has 5 rings (SSSR count). The van der Waals surface area contributed by atoms with Gasteiger partial charge in [-0.1, -0.05) is 0 Å². The summed E-state index contributed by atoms with van der Waals surface area (Å²) in [6.07, 6.45) is 0.358. The molecular formula is C22H19F3N4O3. The average Bonchev–Trinajstić information content (AvgIpc) is 3.50. The second-order valence-electron chi connectivity index (χ2n) is 8.09. The smallest absolute Gasteiger partial charge is 0.417 e. The lowest BCUT2D eigenvalue weighted by Gasteiger charge is -2.33. The van der Waals surface area contributed by atoms with E-state index in [1.807, 2.05) is 0 Å². The van der Waals surface area contributed by atoms with Gasteiger partial charge in [-0.15, -0.1) is 0 Å². The maximum Gasteiger partial charge on any atom is 0.417 e. The molecule has 32 heavy (non-hydrogen) atoms. The van der Waals surface area contributed by atoms with Gasteiger partial charge >= 0.3 is 6.18 Å². The molecule has 1 aliphatic heterocycles. The molecule has 2 bridgehead atoms. The minimum Gasteiger partial charge on any atom is -0.472 e. The molecule has 7 nitrogen and oxygen atoms in total. The Balaban J connectivity index is 1.37. The monoisotopic (exact) mass is 444 g/mol. The number of halogens is 3. The van der Waals surface area contributed by atoms with Crippen LogP contribution in [-0.4, -0.2) is 44.4 Å². The molecule has 166 valence electrons. The van der Waals surface area contributed by atoms with Crippen molar-refractivity contribution in [3.63, 3.8) is 0 Å². The largest absolute Gasteiger partial charge is 0.472 e. The molecule has 4 heterocycles. The number of hydrogen-bond donors (Lipinski definition) is 0. The van der Waals surface area contributed by atoms with E-state index in [4.69, 9.17) is 9.15 Å². The summed E-state index contributed by atoms with van der Waals surface area (Å²) in [6.45, 7) is 2.37. The van der Waals surface area contributed by atoms with Crippen LogP contribution in [0.2, 0.25) is 0 Å². The van der Waals surface area contributed by atoms with Crippen molar-refractivity contribution in [2.75, 3.05) is 6.54 Å². The quantitative estimate of drug-likeness (QED) is 0.602. The standard InChI is InChI=1S/C22H19F3N4O3/c1-12-2-4-15(20-26-6-7-31-20)19(28-12)21(30)29-11-13-8-16(29)17(9-13)32-18-5-3-14(10-27-18)22(23,24)25/h2-7,10,13,16-17H,8-9,11H2,1H3/t13-,16+,17-/m1/s1. The van der Waals surface area contributed by atoms with Crippen molar-refractivity contribution < 1.29 is 27.1 Å². The van der Waals surface area contributed by atoms with E-state index in [1.165, 1.54) is 18.5 Å². The van der Waals surface area contributed by atoms with Gasteiger partial charge in [-0.2, -0.15) is 13.2 Å². The van der Waals surface area contributed by atoms with E-state index in [2.05, 4.69) is 15.0 Å². The zero-order chi connectivity index (χ0) is 22.5. The first-order valence-corrected chi connectivity index (χ1v) is 10.2. The van der Waals surface area contributed by atoms with Crippen molar-refractivity contribution in [3.05, 3.63) is 59.9 Å². The number of carbonyl (C=O) groups excluding carboxylic acids is 1. The number of carbonyl (C=O) groups is 1. The molecule has 10 heteroatoms. The van der Waals surface area contributed by atoms with Crippen LogP contribution in [0.5, 0.6) is 5.88 Å². The molecule has 3 aromatic heterocycles. The summed E-state index contributed by atoms with van der Waals surface area (Å²) < 4.78 is 49.6. The number of hydrogen-bond acceptors (Lipinski definition) is 6. The molecule has 3 atom stereocenters. The number of aryl methyl sites for hydroxylation is 1. The Bertz CT molecular complexity index is 1130. The highest BCUT2D eigenvalue weighted by molar-refractivity contribution is 5.98. The summed E-state index contributed by atoms with van der Waals surface area (Å²) in [5.41, 5.74) is 0.621. The average molecular weight is 444 g/mol. The number of ether oxygens (including phenoxy) is 1. The van der Waals surface area contributed by atoms with E-state index in [0.29, 0.717) is 30.1 Å². The van der Waals surface area contributed by atoms with Crippen molar-refractivity contribution in [2.45, 2.75) is 38.1 Å². The number of aromatic nitrogens is 3. The van der Waals surface area contributed by atoms with Crippen LogP contribution < -0.4 is 4.74 Å². The molecule has 0 spiro atoms. The molecular weight excluding hydrogens is 425 g/mol. The molecule has 2 fully saturated rings. The molecule has 1 amide bonds. The molecule has 0 aromatic carbocycles. The number of amides is 1. The first kappa shape index (κ1) is 20.5. The predicted octanol–water partition coefficient (Wildman–Crippen LogP) is 4.14. The van der Waals surface area contributed by atoms with E-state index in [9.17, 15) is 18.0 Å². The second kappa shape index (κ2) is 7.61. The Morgan fingerprint density at radius 3 is 2.69 bits per heavy atom. The Morgan fingerprint density at radius 1 is 1.19 bits per heavy atom. The van der Waals surface area contributed by atoms with Crippen LogP contribution in [0, 0.1) is 12.8 Å². The minimum atomic E-state index is -4.46. The van der Waals surface area contributed by atoms with Gasteiger partial charge in [-0.3, -0.25) is 4.79 Å². The van der Waals surface area contributed by atoms with Gasteiger partial charge in [0, 0.05) is 24.5 Å².